The molecular formula is C19H21N5O3S. The summed E-state index contributed by atoms with van der Waals surface area (Å²) in [5, 5.41) is 6.60. The monoisotopic (exact) mass is 399 g/mol. The topological polar surface area (TPSA) is 106 Å². The van der Waals surface area contributed by atoms with Gasteiger partial charge in [0.05, 0.1) is 10.1 Å². The Hall–Kier alpha value is -2.81. The van der Waals surface area contributed by atoms with E-state index in [1.165, 1.54) is 16.6 Å². The summed E-state index contributed by atoms with van der Waals surface area (Å²) in [5.41, 5.74) is 2.11. The number of carbonyl (C=O) groups is 1. The van der Waals surface area contributed by atoms with Crippen LogP contribution in [0.1, 0.15) is 47.7 Å². The highest BCUT2D eigenvalue weighted by Gasteiger charge is 2.30. The zero-order valence-electron chi connectivity index (χ0n) is 15.7. The molecule has 0 aliphatic heterocycles. The number of sulfone groups is 1. The molecule has 1 aromatic carbocycles. The number of anilines is 1. The average Bonchev–Trinajstić information content (AvgIpc) is 3.32. The van der Waals surface area contributed by atoms with Gasteiger partial charge in [-0.15, -0.1) is 5.10 Å². The van der Waals surface area contributed by atoms with Crippen LogP contribution in [0.5, 0.6) is 0 Å². The Morgan fingerprint density at radius 3 is 2.46 bits per heavy atom. The minimum Gasteiger partial charge on any atom is -0.319 e. The van der Waals surface area contributed by atoms with E-state index in [0.29, 0.717) is 29.2 Å². The molecule has 1 fully saturated rings. The molecule has 3 aromatic rings. The van der Waals surface area contributed by atoms with Crippen molar-refractivity contribution < 1.29 is 13.2 Å². The number of aryl methyl sites for hydroxylation is 2. The molecule has 1 aliphatic carbocycles. The van der Waals surface area contributed by atoms with E-state index in [-0.39, 0.29) is 11.1 Å². The number of hydrogen-bond donors (Lipinski definition) is 1. The van der Waals surface area contributed by atoms with Crippen molar-refractivity contribution in [3.63, 3.8) is 0 Å². The summed E-state index contributed by atoms with van der Waals surface area (Å²) in [6.45, 7) is 3.71. The molecule has 1 aliphatic rings. The van der Waals surface area contributed by atoms with Crippen molar-refractivity contribution in [2.24, 2.45) is 0 Å². The molecule has 9 heteroatoms. The maximum absolute atomic E-state index is 12.6. The number of hydrogen-bond acceptors (Lipinski definition) is 6. The first-order valence-corrected chi connectivity index (χ1v) is 10.8. The maximum Gasteiger partial charge on any atom is 0.295 e. The number of nitrogens with one attached hydrogen (secondary N) is 1. The molecule has 8 nitrogen and oxygen atoms in total. The van der Waals surface area contributed by atoms with Crippen LogP contribution in [0, 0.1) is 13.8 Å². The van der Waals surface area contributed by atoms with Crippen LogP contribution in [0.2, 0.25) is 0 Å². The number of benzene rings is 1. The van der Waals surface area contributed by atoms with Crippen LogP contribution >= 0.6 is 0 Å². The summed E-state index contributed by atoms with van der Waals surface area (Å²) in [4.78, 5) is 21.2. The van der Waals surface area contributed by atoms with E-state index in [0.717, 1.165) is 24.2 Å². The molecule has 0 spiro atoms. The Morgan fingerprint density at radius 1 is 1.11 bits per heavy atom. The summed E-state index contributed by atoms with van der Waals surface area (Å²) in [6, 6.07) is 8.10. The quantitative estimate of drug-likeness (QED) is 0.723. The molecule has 0 unspecified atom stereocenters. The van der Waals surface area contributed by atoms with Gasteiger partial charge in [0.2, 0.25) is 5.82 Å². The number of carbonyl (C=O) groups excluding carboxylic acids is 1. The van der Waals surface area contributed by atoms with Crippen molar-refractivity contribution in [2.45, 2.75) is 49.7 Å². The fourth-order valence-corrected chi connectivity index (χ4v) is 5.42. The smallest absolute Gasteiger partial charge is 0.295 e. The Bertz CT molecular complexity index is 1150. The predicted octanol–water partition coefficient (Wildman–Crippen LogP) is 2.71. The summed E-state index contributed by atoms with van der Waals surface area (Å²) in [6.07, 6.45) is 3.34. The fourth-order valence-electron chi connectivity index (χ4n) is 3.57. The number of fused-ring (bicyclic) bond motifs is 1. The van der Waals surface area contributed by atoms with E-state index in [1.54, 1.807) is 12.1 Å². The number of rotatable bonds is 4. The zero-order valence-corrected chi connectivity index (χ0v) is 16.5. The van der Waals surface area contributed by atoms with E-state index >= 15 is 0 Å². The minimum atomic E-state index is -3.31. The first-order chi connectivity index (χ1) is 13.3. The maximum atomic E-state index is 12.6. The third-order valence-corrected chi connectivity index (χ3v) is 7.28. The van der Waals surface area contributed by atoms with Crippen LogP contribution in [-0.4, -0.2) is 39.2 Å². The van der Waals surface area contributed by atoms with Gasteiger partial charge >= 0.3 is 0 Å². The fraction of sp³-hybridized carbons (Fsp3) is 0.368. The lowest BCUT2D eigenvalue weighted by atomic mass is 10.3. The van der Waals surface area contributed by atoms with Crippen molar-refractivity contribution >= 4 is 27.2 Å². The highest BCUT2D eigenvalue weighted by molar-refractivity contribution is 7.92. The lowest BCUT2D eigenvalue weighted by Crippen LogP contribution is -2.18. The predicted molar refractivity (Wildman–Crippen MR) is 104 cm³/mol. The molecule has 0 saturated heterocycles. The van der Waals surface area contributed by atoms with Gasteiger partial charge in [-0.1, -0.05) is 12.8 Å². The summed E-state index contributed by atoms with van der Waals surface area (Å²) in [7, 11) is -3.31. The van der Waals surface area contributed by atoms with E-state index < -0.39 is 15.7 Å². The first-order valence-electron chi connectivity index (χ1n) is 9.21. The van der Waals surface area contributed by atoms with Crippen molar-refractivity contribution in [1.82, 2.24) is 19.6 Å². The normalized spacial score (nSPS) is 15.2. The van der Waals surface area contributed by atoms with Crippen molar-refractivity contribution in [3.8, 4) is 0 Å². The van der Waals surface area contributed by atoms with Gasteiger partial charge < -0.3 is 5.32 Å². The lowest BCUT2D eigenvalue weighted by molar-refractivity contribution is 0.101. The number of amides is 1. The Labute approximate surface area is 162 Å². The minimum absolute atomic E-state index is 0.00357. The molecule has 0 bridgehead atoms. The molecule has 2 heterocycles. The Morgan fingerprint density at radius 2 is 1.79 bits per heavy atom. The van der Waals surface area contributed by atoms with Crippen molar-refractivity contribution in [2.75, 3.05) is 5.32 Å². The molecule has 0 atom stereocenters. The van der Waals surface area contributed by atoms with Gasteiger partial charge in [0, 0.05) is 17.1 Å². The lowest BCUT2D eigenvalue weighted by Gasteiger charge is -2.11. The second-order valence-electron chi connectivity index (χ2n) is 7.12. The van der Waals surface area contributed by atoms with Gasteiger partial charge in [0.25, 0.3) is 11.7 Å². The van der Waals surface area contributed by atoms with Crippen molar-refractivity contribution in [3.05, 3.63) is 47.5 Å². The standard InChI is InChI=1S/C19H21N5O3S/c1-12-11-13(2)24-19(20-12)22-17(23-24)18(25)21-14-7-9-16(10-8-14)28(26,27)15-5-3-4-6-15/h7-11,15H,3-6H2,1-2H3,(H,21,25). The molecule has 146 valence electrons. The van der Waals surface area contributed by atoms with E-state index in [1.807, 2.05) is 19.9 Å². The van der Waals surface area contributed by atoms with Gasteiger partial charge in [-0.2, -0.15) is 4.98 Å². The van der Waals surface area contributed by atoms with E-state index in [9.17, 15) is 13.2 Å². The molecule has 2 aromatic heterocycles. The second kappa shape index (κ2) is 6.97. The van der Waals surface area contributed by atoms with Gasteiger partial charge in [-0.05, 0) is 57.0 Å². The largest absolute Gasteiger partial charge is 0.319 e. The third kappa shape index (κ3) is 3.37. The van der Waals surface area contributed by atoms with Crippen LogP contribution in [0.3, 0.4) is 0 Å². The number of aromatic nitrogens is 4. The molecule has 28 heavy (non-hydrogen) atoms. The van der Waals surface area contributed by atoms with E-state index in [4.69, 9.17) is 0 Å². The molecule has 1 N–H and O–H groups in total. The summed E-state index contributed by atoms with van der Waals surface area (Å²) >= 11 is 0. The highest BCUT2D eigenvalue weighted by Crippen LogP contribution is 2.30. The molecule has 0 radical (unpaired) electrons. The second-order valence-corrected chi connectivity index (χ2v) is 9.34. The molecule has 4 rings (SSSR count). The molecule has 1 saturated carbocycles. The number of nitrogens with zero attached hydrogens (tertiary/aromatic N) is 4. The molecule has 1 amide bonds. The van der Waals surface area contributed by atoms with Crippen molar-refractivity contribution in [1.29, 1.82) is 0 Å². The molecular weight excluding hydrogens is 378 g/mol. The van der Waals surface area contributed by atoms with Crippen LogP contribution < -0.4 is 5.32 Å². The van der Waals surface area contributed by atoms with Crippen LogP contribution in [0.15, 0.2) is 35.2 Å². The van der Waals surface area contributed by atoms with Gasteiger partial charge in [0.1, 0.15) is 0 Å². The first kappa shape index (κ1) is 18.5. The zero-order chi connectivity index (χ0) is 19.9. The SMILES string of the molecule is Cc1cc(C)n2nc(C(=O)Nc3ccc(S(=O)(=O)C4CCCC4)cc3)nc2n1. The summed E-state index contributed by atoms with van der Waals surface area (Å²) < 4.78 is 26.8. The van der Waals surface area contributed by atoms with Gasteiger partial charge in [-0.25, -0.2) is 17.9 Å². The van der Waals surface area contributed by atoms with E-state index in [2.05, 4.69) is 20.4 Å². The average molecular weight is 399 g/mol. The van der Waals surface area contributed by atoms with Crippen LogP contribution in [0.4, 0.5) is 5.69 Å². The summed E-state index contributed by atoms with van der Waals surface area (Å²) in [5.74, 6) is -0.113. The van der Waals surface area contributed by atoms with Gasteiger partial charge in [0.15, 0.2) is 9.84 Å². The van der Waals surface area contributed by atoms with Crippen LogP contribution in [0.25, 0.3) is 5.78 Å². The Kier molecular flexibility index (Phi) is 4.62. The highest BCUT2D eigenvalue weighted by atomic mass is 32.2. The Balaban J connectivity index is 1.53. The van der Waals surface area contributed by atoms with Crippen LogP contribution in [-0.2, 0) is 9.84 Å². The van der Waals surface area contributed by atoms with Gasteiger partial charge in [-0.3, -0.25) is 4.79 Å². The third-order valence-electron chi connectivity index (χ3n) is 5.00.